The van der Waals surface area contributed by atoms with E-state index in [-0.39, 0.29) is 11.4 Å². The van der Waals surface area contributed by atoms with Crippen LogP contribution in [-0.2, 0) is 11.2 Å². The number of fused-ring (bicyclic) bond motifs is 1. The van der Waals surface area contributed by atoms with E-state index in [1.165, 1.54) is 6.07 Å². The molecule has 0 aliphatic carbocycles. The molecule has 0 saturated carbocycles. The molecule has 34 heavy (non-hydrogen) atoms. The number of aryl methyl sites for hydroxylation is 3. The zero-order valence-electron chi connectivity index (χ0n) is 18.8. The zero-order valence-corrected chi connectivity index (χ0v) is 19.6. The van der Waals surface area contributed by atoms with Crippen molar-refractivity contribution in [2.24, 2.45) is 0 Å². The molecule has 0 aliphatic heterocycles. The standard InChI is InChI=1S/C25H22ClN3O5/c1-4-16-5-8-22-20(11-16)28-25(34-22)17-6-7-18(26)19(12-17)27-23(30)13-33-24-15(3)9-14(2)10-21(24)29(31)32/h5-12H,4,13H2,1-3H3,(H,27,30). The maximum Gasteiger partial charge on any atom is 0.311 e. The first-order chi connectivity index (χ1) is 16.2. The number of nitrogens with one attached hydrogen (secondary N) is 1. The van der Waals surface area contributed by atoms with E-state index in [0.29, 0.717) is 33.3 Å². The fourth-order valence-electron chi connectivity index (χ4n) is 3.65. The molecule has 174 valence electrons. The van der Waals surface area contributed by atoms with E-state index >= 15 is 0 Å². The third-order valence-corrected chi connectivity index (χ3v) is 5.62. The minimum absolute atomic E-state index is 0.0588. The number of oxazole rings is 1. The molecule has 1 heterocycles. The van der Waals surface area contributed by atoms with Gasteiger partial charge < -0.3 is 14.5 Å². The van der Waals surface area contributed by atoms with Crippen LogP contribution in [0.25, 0.3) is 22.6 Å². The van der Waals surface area contributed by atoms with Gasteiger partial charge in [0.1, 0.15) is 5.52 Å². The van der Waals surface area contributed by atoms with Gasteiger partial charge in [-0.2, -0.15) is 0 Å². The smallest absolute Gasteiger partial charge is 0.311 e. The van der Waals surface area contributed by atoms with Crippen LogP contribution >= 0.6 is 11.6 Å². The molecule has 0 unspecified atom stereocenters. The normalized spacial score (nSPS) is 10.9. The first-order valence-corrected chi connectivity index (χ1v) is 11.0. The summed E-state index contributed by atoms with van der Waals surface area (Å²) in [6, 6.07) is 14.1. The van der Waals surface area contributed by atoms with Crippen molar-refractivity contribution >= 4 is 40.0 Å². The predicted octanol–water partition coefficient (Wildman–Crippen LogP) is 6.25. The van der Waals surface area contributed by atoms with E-state index in [1.54, 1.807) is 38.1 Å². The zero-order chi connectivity index (χ0) is 24.4. The van der Waals surface area contributed by atoms with Crippen molar-refractivity contribution in [2.45, 2.75) is 27.2 Å². The van der Waals surface area contributed by atoms with Crippen molar-refractivity contribution in [1.29, 1.82) is 0 Å². The van der Waals surface area contributed by atoms with Crippen LogP contribution in [0.15, 0.2) is 52.9 Å². The van der Waals surface area contributed by atoms with Crippen molar-refractivity contribution in [3.63, 3.8) is 0 Å². The largest absolute Gasteiger partial charge is 0.477 e. The summed E-state index contributed by atoms with van der Waals surface area (Å²) >= 11 is 6.28. The highest BCUT2D eigenvalue weighted by Crippen LogP contribution is 2.33. The molecule has 0 fully saturated rings. The van der Waals surface area contributed by atoms with E-state index in [2.05, 4.69) is 17.2 Å². The minimum Gasteiger partial charge on any atom is -0.477 e. The summed E-state index contributed by atoms with van der Waals surface area (Å²) in [5, 5.41) is 14.4. The lowest BCUT2D eigenvalue weighted by Crippen LogP contribution is -2.21. The van der Waals surface area contributed by atoms with Crippen molar-refractivity contribution < 1.29 is 18.9 Å². The molecule has 0 saturated heterocycles. The SMILES string of the molecule is CCc1ccc2oc(-c3ccc(Cl)c(NC(=O)COc4c(C)cc(C)cc4[N+](=O)[O-])c3)nc2c1. The third-order valence-electron chi connectivity index (χ3n) is 5.29. The predicted molar refractivity (Wildman–Crippen MR) is 131 cm³/mol. The Morgan fingerprint density at radius 3 is 2.71 bits per heavy atom. The van der Waals surface area contributed by atoms with Gasteiger partial charge >= 0.3 is 5.69 Å². The number of hydrogen-bond acceptors (Lipinski definition) is 6. The average Bonchev–Trinajstić information content (AvgIpc) is 3.22. The summed E-state index contributed by atoms with van der Waals surface area (Å²) in [6.07, 6.45) is 0.891. The fraction of sp³-hybridized carbons (Fsp3) is 0.200. The number of ether oxygens (including phenoxy) is 1. The number of hydrogen-bond donors (Lipinski definition) is 1. The summed E-state index contributed by atoms with van der Waals surface area (Å²) in [7, 11) is 0. The number of carbonyl (C=O) groups excluding carboxylic acids is 1. The topological polar surface area (TPSA) is 108 Å². The van der Waals surface area contributed by atoms with Crippen molar-refractivity contribution in [1.82, 2.24) is 4.98 Å². The molecule has 4 rings (SSSR count). The molecule has 1 aromatic heterocycles. The number of nitro benzene ring substituents is 1. The highest BCUT2D eigenvalue weighted by Gasteiger charge is 2.20. The number of nitrogens with zero attached hydrogens (tertiary/aromatic N) is 2. The van der Waals surface area contributed by atoms with E-state index in [4.69, 9.17) is 20.8 Å². The van der Waals surface area contributed by atoms with Crippen LogP contribution in [0, 0.1) is 24.0 Å². The van der Waals surface area contributed by atoms with Gasteiger partial charge in [-0.25, -0.2) is 4.98 Å². The number of anilines is 1. The quantitative estimate of drug-likeness (QED) is 0.248. The van der Waals surface area contributed by atoms with Gasteiger partial charge in [-0.05, 0) is 67.3 Å². The maximum atomic E-state index is 12.6. The molecule has 3 aromatic carbocycles. The molecule has 9 heteroatoms. The lowest BCUT2D eigenvalue weighted by Gasteiger charge is -2.12. The van der Waals surface area contributed by atoms with E-state index in [1.807, 2.05) is 18.2 Å². The molecule has 1 N–H and O–H groups in total. The fourth-order valence-corrected chi connectivity index (χ4v) is 3.81. The van der Waals surface area contributed by atoms with Crippen LogP contribution in [0.2, 0.25) is 5.02 Å². The van der Waals surface area contributed by atoms with Gasteiger partial charge in [0.05, 0.1) is 15.6 Å². The summed E-state index contributed by atoms with van der Waals surface area (Å²) in [6.45, 7) is 5.09. The average molecular weight is 480 g/mol. The van der Waals surface area contributed by atoms with Crippen LogP contribution in [-0.4, -0.2) is 22.4 Å². The molecule has 4 aromatic rings. The van der Waals surface area contributed by atoms with Gasteiger partial charge in [0, 0.05) is 11.6 Å². The number of rotatable bonds is 7. The first-order valence-electron chi connectivity index (χ1n) is 10.6. The molecule has 0 spiro atoms. The molecular weight excluding hydrogens is 458 g/mol. The molecule has 1 amide bonds. The number of halogens is 1. The number of nitro groups is 1. The second-order valence-corrected chi connectivity index (χ2v) is 8.30. The number of amides is 1. The van der Waals surface area contributed by atoms with Gasteiger partial charge in [-0.1, -0.05) is 30.7 Å². The Morgan fingerprint density at radius 1 is 1.18 bits per heavy atom. The maximum absolute atomic E-state index is 12.6. The lowest BCUT2D eigenvalue weighted by atomic mass is 10.1. The van der Waals surface area contributed by atoms with Gasteiger partial charge in [0.15, 0.2) is 12.2 Å². The number of carbonyl (C=O) groups is 1. The monoisotopic (exact) mass is 479 g/mol. The van der Waals surface area contributed by atoms with Gasteiger partial charge in [0.2, 0.25) is 11.6 Å². The summed E-state index contributed by atoms with van der Waals surface area (Å²) < 4.78 is 11.4. The highest BCUT2D eigenvalue weighted by atomic mass is 35.5. The molecular formula is C25H22ClN3O5. The second kappa shape index (κ2) is 9.52. The lowest BCUT2D eigenvalue weighted by molar-refractivity contribution is -0.385. The Labute approximate surface area is 200 Å². The Balaban J connectivity index is 1.52. The molecule has 0 aliphatic rings. The summed E-state index contributed by atoms with van der Waals surface area (Å²) in [4.78, 5) is 27.9. The third kappa shape index (κ3) is 4.87. The van der Waals surface area contributed by atoms with Crippen LogP contribution in [0.1, 0.15) is 23.6 Å². The minimum atomic E-state index is -0.530. The van der Waals surface area contributed by atoms with Crippen molar-refractivity contribution in [2.75, 3.05) is 11.9 Å². The Bertz CT molecular complexity index is 1410. The highest BCUT2D eigenvalue weighted by molar-refractivity contribution is 6.33. The first kappa shape index (κ1) is 23.3. The molecule has 0 radical (unpaired) electrons. The van der Waals surface area contributed by atoms with E-state index in [0.717, 1.165) is 23.1 Å². The van der Waals surface area contributed by atoms with Gasteiger partial charge in [-0.15, -0.1) is 0 Å². The Hall–Kier alpha value is -3.91. The van der Waals surface area contributed by atoms with Crippen LogP contribution in [0.3, 0.4) is 0 Å². The number of benzene rings is 3. The Kier molecular flexibility index (Phi) is 6.51. The van der Waals surface area contributed by atoms with Crippen molar-refractivity contribution in [3.05, 3.63) is 80.4 Å². The van der Waals surface area contributed by atoms with E-state index in [9.17, 15) is 14.9 Å². The van der Waals surface area contributed by atoms with E-state index < -0.39 is 17.4 Å². The molecule has 0 atom stereocenters. The number of aromatic nitrogens is 1. The van der Waals surface area contributed by atoms with Gasteiger partial charge in [0.25, 0.3) is 5.91 Å². The van der Waals surface area contributed by atoms with Crippen LogP contribution in [0.5, 0.6) is 5.75 Å². The summed E-state index contributed by atoms with van der Waals surface area (Å²) in [5.74, 6) is -0.0560. The molecule has 8 nitrogen and oxygen atoms in total. The van der Waals surface area contributed by atoms with Crippen molar-refractivity contribution in [3.8, 4) is 17.2 Å². The van der Waals surface area contributed by atoms with Gasteiger partial charge in [-0.3, -0.25) is 14.9 Å². The second-order valence-electron chi connectivity index (χ2n) is 7.89. The summed E-state index contributed by atoms with van der Waals surface area (Å²) in [5.41, 5.74) is 4.67. The van der Waals surface area contributed by atoms with Crippen LogP contribution in [0.4, 0.5) is 11.4 Å². The van der Waals surface area contributed by atoms with Crippen LogP contribution < -0.4 is 10.1 Å². The Morgan fingerprint density at radius 2 is 1.97 bits per heavy atom. The molecule has 0 bridgehead atoms.